The Labute approximate surface area is 123 Å². The summed E-state index contributed by atoms with van der Waals surface area (Å²) in [6.07, 6.45) is 6.33. The zero-order valence-electron chi connectivity index (χ0n) is 13.1. The first-order valence-electron chi connectivity index (χ1n) is 8.11. The van der Waals surface area contributed by atoms with E-state index in [9.17, 15) is 0 Å². The van der Waals surface area contributed by atoms with E-state index in [1.165, 1.54) is 50.8 Å². The number of hydrogen-bond acceptors (Lipinski definition) is 2. The SMILES string of the molecule is CCCCc1ccc(OC)c2c1C1CN(C)CC1CC2. The van der Waals surface area contributed by atoms with E-state index in [1.807, 2.05) is 7.11 Å². The largest absolute Gasteiger partial charge is 0.496 e. The zero-order chi connectivity index (χ0) is 14.1. The van der Waals surface area contributed by atoms with Crippen LogP contribution in [-0.2, 0) is 12.8 Å². The van der Waals surface area contributed by atoms with Crippen LogP contribution in [0.2, 0.25) is 0 Å². The summed E-state index contributed by atoms with van der Waals surface area (Å²) in [5, 5.41) is 0. The average Bonchev–Trinajstić information content (AvgIpc) is 2.84. The van der Waals surface area contributed by atoms with Crippen molar-refractivity contribution >= 4 is 0 Å². The van der Waals surface area contributed by atoms with Gasteiger partial charge in [-0.2, -0.15) is 0 Å². The van der Waals surface area contributed by atoms with Gasteiger partial charge in [0.1, 0.15) is 5.75 Å². The molecule has 0 amide bonds. The molecule has 0 aromatic heterocycles. The molecule has 110 valence electrons. The molecule has 0 bridgehead atoms. The van der Waals surface area contributed by atoms with Crippen molar-refractivity contribution in [2.45, 2.75) is 44.9 Å². The molecule has 1 aromatic rings. The van der Waals surface area contributed by atoms with Crippen LogP contribution >= 0.6 is 0 Å². The molecule has 0 saturated carbocycles. The average molecular weight is 273 g/mol. The first kappa shape index (κ1) is 13.9. The number of ether oxygens (including phenoxy) is 1. The highest BCUT2D eigenvalue weighted by Gasteiger charge is 2.38. The molecule has 2 nitrogen and oxygen atoms in total. The molecule has 2 unspecified atom stereocenters. The number of aryl methyl sites for hydroxylation is 1. The van der Waals surface area contributed by atoms with Crippen molar-refractivity contribution in [3.05, 3.63) is 28.8 Å². The van der Waals surface area contributed by atoms with Crippen molar-refractivity contribution in [1.82, 2.24) is 4.90 Å². The number of nitrogens with zero attached hydrogens (tertiary/aromatic N) is 1. The second-order valence-corrected chi connectivity index (χ2v) is 6.55. The molecular formula is C18H27NO. The molecule has 0 radical (unpaired) electrons. The van der Waals surface area contributed by atoms with E-state index in [2.05, 4.69) is 31.0 Å². The fourth-order valence-corrected chi connectivity index (χ4v) is 4.23. The minimum Gasteiger partial charge on any atom is -0.496 e. The molecule has 1 aliphatic heterocycles. The van der Waals surface area contributed by atoms with Crippen LogP contribution in [0, 0.1) is 5.92 Å². The number of hydrogen-bond donors (Lipinski definition) is 0. The van der Waals surface area contributed by atoms with Crippen molar-refractivity contribution < 1.29 is 4.74 Å². The summed E-state index contributed by atoms with van der Waals surface area (Å²) in [7, 11) is 4.08. The lowest BCUT2D eigenvalue weighted by molar-refractivity contribution is 0.378. The molecular weight excluding hydrogens is 246 g/mol. The topological polar surface area (TPSA) is 12.5 Å². The molecule has 1 aromatic carbocycles. The molecule has 2 atom stereocenters. The van der Waals surface area contributed by atoms with Gasteiger partial charge >= 0.3 is 0 Å². The summed E-state index contributed by atoms with van der Waals surface area (Å²) in [5.41, 5.74) is 4.75. The Kier molecular flexibility index (Phi) is 4.02. The van der Waals surface area contributed by atoms with Gasteiger partial charge in [0.05, 0.1) is 7.11 Å². The van der Waals surface area contributed by atoms with Crippen LogP contribution in [0.4, 0.5) is 0 Å². The van der Waals surface area contributed by atoms with E-state index in [-0.39, 0.29) is 0 Å². The minimum atomic E-state index is 0.741. The summed E-state index contributed by atoms with van der Waals surface area (Å²) >= 11 is 0. The highest BCUT2D eigenvalue weighted by molar-refractivity contribution is 5.49. The fraction of sp³-hybridized carbons (Fsp3) is 0.667. The molecule has 1 heterocycles. The van der Waals surface area contributed by atoms with E-state index in [1.54, 1.807) is 11.1 Å². The monoisotopic (exact) mass is 273 g/mol. The second-order valence-electron chi connectivity index (χ2n) is 6.55. The molecule has 3 rings (SSSR count). The van der Waals surface area contributed by atoms with E-state index in [0.29, 0.717) is 0 Å². The lowest BCUT2D eigenvalue weighted by Gasteiger charge is -2.31. The van der Waals surface area contributed by atoms with Crippen molar-refractivity contribution in [1.29, 1.82) is 0 Å². The molecule has 0 spiro atoms. The Morgan fingerprint density at radius 1 is 1.30 bits per heavy atom. The maximum absolute atomic E-state index is 5.63. The van der Waals surface area contributed by atoms with Gasteiger partial charge in [-0.15, -0.1) is 0 Å². The predicted octanol–water partition coefficient (Wildman–Crippen LogP) is 3.63. The van der Waals surface area contributed by atoms with Crippen LogP contribution in [0.15, 0.2) is 12.1 Å². The Bertz CT molecular complexity index is 483. The van der Waals surface area contributed by atoms with Crippen molar-refractivity contribution in [3.63, 3.8) is 0 Å². The highest BCUT2D eigenvalue weighted by atomic mass is 16.5. The lowest BCUT2D eigenvalue weighted by Crippen LogP contribution is -2.21. The van der Waals surface area contributed by atoms with Crippen LogP contribution < -0.4 is 4.74 Å². The van der Waals surface area contributed by atoms with Gasteiger partial charge in [-0.25, -0.2) is 0 Å². The molecule has 2 heteroatoms. The number of rotatable bonds is 4. The number of likely N-dealkylation sites (tertiary alicyclic amines) is 1. The maximum atomic E-state index is 5.63. The van der Waals surface area contributed by atoms with E-state index >= 15 is 0 Å². The summed E-state index contributed by atoms with van der Waals surface area (Å²) < 4.78 is 5.63. The number of likely N-dealkylation sites (N-methyl/N-ethyl adjacent to an activating group) is 1. The Morgan fingerprint density at radius 3 is 2.90 bits per heavy atom. The van der Waals surface area contributed by atoms with E-state index < -0.39 is 0 Å². The summed E-state index contributed by atoms with van der Waals surface area (Å²) in [5.74, 6) is 2.72. The van der Waals surface area contributed by atoms with Gasteiger partial charge in [-0.05, 0) is 61.4 Å². The summed E-state index contributed by atoms with van der Waals surface area (Å²) in [6.45, 7) is 4.78. The molecule has 1 aliphatic carbocycles. The first-order chi connectivity index (χ1) is 9.74. The number of unbranched alkanes of at least 4 members (excludes halogenated alkanes) is 1. The predicted molar refractivity (Wildman–Crippen MR) is 83.7 cm³/mol. The lowest BCUT2D eigenvalue weighted by atomic mass is 9.74. The molecule has 1 saturated heterocycles. The van der Waals surface area contributed by atoms with E-state index in [4.69, 9.17) is 4.74 Å². The van der Waals surface area contributed by atoms with Crippen LogP contribution in [0.1, 0.15) is 48.8 Å². The number of fused-ring (bicyclic) bond motifs is 3. The third-order valence-corrected chi connectivity index (χ3v) is 5.18. The molecule has 20 heavy (non-hydrogen) atoms. The summed E-state index contributed by atoms with van der Waals surface area (Å²) in [6, 6.07) is 4.52. The van der Waals surface area contributed by atoms with Gasteiger partial charge in [0.25, 0.3) is 0 Å². The zero-order valence-corrected chi connectivity index (χ0v) is 13.1. The Balaban J connectivity index is 2.02. The minimum absolute atomic E-state index is 0.741. The van der Waals surface area contributed by atoms with Gasteiger partial charge in [0, 0.05) is 19.0 Å². The number of benzene rings is 1. The summed E-state index contributed by atoms with van der Waals surface area (Å²) in [4.78, 5) is 2.51. The third-order valence-electron chi connectivity index (χ3n) is 5.18. The Morgan fingerprint density at radius 2 is 2.15 bits per heavy atom. The van der Waals surface area contributed by atoms with Gasteiger partial charge in [0.2, 0.25) is 0 Å². The third kappa shape index (κ3) is 2.35. The first-order valence-corrected chi connectivity index (χ1v) is 8.11. The Hall–Kier alpha value is -1.02. The van der Waals surface area contributed by atoms with Crippen molar-refractivity contribution in [2.24, 2.45) is 5.92 Å². The molecule has 0 N–H and O–H groups in total. The standard InChI is InChI=1S/C18H27NO/c1-4-5-6-13-8-10-17(20-3)15-9-7-14-11-19(2)12-16(14)18(13)15/h8,10,14,16H,4-7,9,11-12H2,1-3H3. The fourth-order valence-electron chi connectivity index (χ4n) is 4.23. The second kappa shape index (κ2) is 5.77. The normalized spacial score (nSPS) is 25.4. The smallest absolute Gasteiger partial charge is 0.122 e. The van der Waals surface area contributed by atoms with Crippen LogP contribution in [-0.4, -0.2) is 32.1 Å². The molecule has 1 fully saturated rings. The van der Waals surface area contributed by atoms with Gasteiger partial charge < -0.3 is 9.64 Å². The van der Waals surface area contributed by atoms with Crippen LogP contribution in [0.25, 0.3) is 0 Å². The van der Waals surface area contributed by atoms with Crippen LogP contribution in [0.3, 0.4) is 0 Å². The number of methoxy groups -OCH3 is 1. The van der Waals surface area contributed by atoms with Crippen molar-refractivity contribution in [3.8, 4) is 5.75 Å². The quantitative estimate of drug-likeness (QED) is 0.830. The van der Waals surface area contributed by atoms with E-state index in [0.717, 1.165) is 17.6 Å². The molecule has 2 aliphatic rings. The van der Waals surface area contributed by atoms with Gasteiger partial charge in [-0.1, -0.05) is 19.4 Å². The van der Waals surface area contributed by atoms with Crippen molar-refractivity contribution in [2.75, 3.05) is 27.2 Å². The van der Waals surface area contributed by atoms with Gasteiger partial charge in [-0.3, -0.25) is 0 Å². The highest BCUT2D eigenvalue weighted by Crippen LogP contribution is 2.45. The van der Waals surface area contributed by atoms with Gasteiger partial charge in [0.15, 0.2) is 0 Å². The van der Waals surface area contributed by atoms with Crippen LogP contribution in [0.5, 0.6) is 5.75 Å². The maximum Gasteiger partial charge on any atom is 0.122 e.